The van der Waals surface area contributed by atoms with Crippen LogP contribution in [0.4, 0.5) is 0 Å². The number of hydrogen-bond donors (Lipinski definition) is 2. The molecule has 0 bridgehead atoms. The summed E-state index contributed by atoms with van der Waals surface area (Å²) in [6, 6.07) is 1.08. The standard InChI is InChI=1S/C13H17NO3S/c1-7(2)11(13(16)17)14-12(15)10-6-8-4-3-5-9(8)18-10/h6-7,11H,3-5H2,1-2H3,(H,14,15)(H,16,17). The zero-order valence-corrected chi connectivity index (χ0v) is 11.3. The zero-order valence-electron chi connectivity index (χ0n) is 10.5. The van der Waals surface area contributed by atoms with E-state index in [-0.39, 0.29) is 11.8 Å². The first-order chi connectivity index (χ1) is 8.49. The normalized spacial score (nSPS) is 15.5. The first-order valence-corrected chi connectivity index (χ1v) is 6.96. The van der Waals surface area contributed by atoms with Gasteiger partial charge in [-0.1, -0.05) is 13.8 Å². The van der Waals surface area contributed by atoms with Gasteiger partial charge in [0.05, 0.1) is 4.88 Å². The van der Waals surface area contributed by atoms with E-state index in [1.54, 1.807) is 13.8 Å². The SMILES string of the molecule is CC(C)C(NC(=O)c1cc2c(s1)CCC2)C(=O)O. The molecule has 0 fully saturated rings. The van der Waals surface area contributed by atoms with Gasteiger partial charge in [0.2, 0.25) is 0 Å². The lowest BCUT2D eigenvalue weighted by molar-refractivity contribution is -0.140. The van der Waals surface area contributed by atoms with Gasteiger partial charge in [-0.25, -0.2) is 4.79 Å². The molecule has 5 heteroatoms. The molecule has 1 atom stereocenters. The van der Waals surface area contributed by atoms with Crippen molar-refractivity contribution >= 4 is 23.2 Å². The van der Waals surface area contributed by atoms with Gasteiger partial charge in [-0.2, -0.15) is 0 Å². The zero-order chi connectivity index (χ0) is 13.3. The van der Waals surface area contributed by atoms with Crippen LogP contribution < -0.4 is 5.32 Å². The van der Waals surface area contributed by atoms with E-state index in [0.717, 1.165) is 19.3 Å². The molecule has 1 amide bonds. The Morgan fingerprint density at radius 3 is 2.67 bits per heavy atom. The Labute approximate surface area is 110 Å². The quantitative estimate of drug-likeness (QED) is 0.877. The van der Waals surface area contributed by atoms with E-state index < -0.39 is 12.0 Å². The van der Waals surface area contributed by atoms with Crippen LogP contribution in [-0.4, -0.2) is 23.0 Å². The Morgan fingerprint density at radius 1 is 1.39 bits per heavy atom. The maximum Gasteiger partial charge on any atom is 0.326 e. The van der Waals surface area contributed by atoms with E-state index in [0.29, 0.717) is 4.88 Å². The third-order valence-electron chi connectivity index (χ3n) is 3.19. The molecule has 0 saturated heterocycles. The van der Waals surface area contributed by atoms with Crippen molar-refractivity contribution in [1.29, 1.82) is 0 Å². The summed E-state index contributed by atoms with van der Waals surface area (Å²) in [7, 11) is 0. The van der Waals surface area contributed by atoms with E-state index in [2.05, 4.69) is 5.32 Å². The van der Waals surface area contributed by atoms with Crippen molar-refractivity contribution in [3.05, 3.63) is 21.4 Å². The lowest BCUT2D eigenvalue weighted by Gasteiger charge is -2.17. The van der Waals surface area contributed by atoms with Crippen molar-refractivity contribution in [1.82, 2.24) is 5.32 Å². The topological polar surface area (TPSA) is 66.4 Å². The van der Waals surface area contributed by atoms with Crippen LogP contribution in [-0.2, 0) is 17.6 Å². The predicted octanol–water partition coefficient (Wildman–Crippen LogP) is 2.08. The van der Waals surface area contributed by atoms with Crippen LogP contribution in [0.3, 0.4) is 0 Å². The van der Waals surface area contributed by atoms with E-state index in [9.17, 15) is 9.59 Å². The van der Waals surface area contributed by atoms with Gasteiger partial charge in [0, 0.05) is 4.88 Å². The van der Waals surface area contributed by atoms with Gasteiger partial charge in [-0.15, -0.1) is 11.3 Å². The molecule has 1 unspecified atom stereocenters. The number of nitrogens with one attached hydrogen (secondary N) is 1. The third-order valence-corrected chi connectivity index (χ3v) is 4.43. The molecule has 2 rings (SSSR count). The highest BCUT2D eigenvalue weighted by molar-refractivity contribution is 7.14. The maximum absolute atomic E-state index is 12.0. The van der Waals surface area contributed by atoms with Crippen LogP contribution in [0.1, 0.15) is 40.4 Å². The molecular formula is C13H17NO3S. The number of carbonyl (C=O) groups is 2. The van der Waals surface area contributed by atoms with E-state index in [1.807, 2.05) is 6.07 Å². The summed E-state index contributed by atoms with van der Waals surface area (Å²) in [5.74, 6) is -1.38. The molecule has 1 aliphatic carbocycles. The summed E-state index contributed by atoms with van der Waals surface area (Å²) in [5.41, 5.74) is 1.25. The number of hydrogen-bond acceptors (Lipinski definition) is 3. The van der Waals surface area contributed by atoms with Gasteiger partial charge >= 0.3 is 5.97 Å². The van der Waals surface area contributed by atoms with Crippen LogP contribution >= 0.6 is 11.3 Å². The van der Waals surface area contributed by atoms with E-state index in [4.69, 9.17) is 5.11 Å². The lowest BCUT2D eigenvalue weighted by atomic mass is 10.0. The summed E-state index contributed by atoms with van der Waals surface area (Å²) >= 11 is 1.49. The van der Waals surface area contributed by atoms with E-state index >= 15 is 0 Å². The smallest absolute Gasteiger partial charge is 0.326 e. The summed E-state index contributed by atoms with van der Waals surface area (Å²) in [5, 5.41) is 11.6. The average Bonchev–Trinajstić information content (AvgIpc) is 2.84. The Morgan fingerprint density at radius 2 is 2.11 bits per heavy atom. The number of carboxylic acid groups (broad SMARTS) is 1. The third kappa shape index (κ3) is 2.56. The maximum atomic E-state index is 12.0. The molecule has 18 heavy (non-hydrogen) atoms. The molecule has 1 aromatic heterocycles. The fourth-order valence-corrected chi connectivity index (χ4v) is 3.32. The monoisotopic (exact) mass is 267 g/mol. The van der Waals surface area contributed by atoms with Crippen LogP contribution in [0.5, 0.6) is 0 Å². The number of aryl methyl sites for hydroxylation is 2. The minimum absolute atomic E-state index is 0.127. The van der Waals surface area contributed by atoms with Crippen LogP contribution in [0, 0.1) is 5.92 Å². The molecule has 1 heterocycles. The second-order valence-corrected chi connectivity index (χ2v) is 6.08. The van der Waals surface area contributed by atoms with Crippen LogP contribution in [0.25, 0.3) is 0 Å². The van der Waals surface area contributed by atoms with Gasteiger partial charge in [0.1, 0.15) is 6.04 Å². The largest absolute Gasteiger partial charge is 0.480 e. The number of amides is 1. The fraction of sp³-hybridized carbons (Fsp3) is 0.538. The molecule has 1 aliphatic rings. The highest BCUT2D eigenvalue weighted by Gasteiger charge is 2.25. The summed E-state index contributed by atoms with van der Waals surface area (Å²) < 4.78 is 0. The molecular weight excluding hydrogens is 250 g/mol. The van der Waals surface area contributed by atoms with Crippen LogP contribution in [0.2, 0.25) is 0 Å². The van der Waals surface area contributed by atoms with Gasteiger partial charge in [-0.05, 0) is 36.8 Å². The van der Waals surface area contributed by atoms with Crippen molar-refractivity contribution in [2.75, 3.05) is 0 Å². The van der Waals surface area contributed by atoms with Gasteiger partial charge < -0.3 is 10.4 Å². The molecule has 0 saturated carbocycles. The number of aliphatic carboxylic acids is 1. The molecule has 4 nitrogen and oxygen atoms in total. The molecule has 0 spiro atoms. The van der Waals surface area contributed by atoms with Gasteiger partial charge in [-0.3, -0.25) is 4.79 Å². The number of rotatable bonds is 4. The summed E-state index contributed by atoms with van der Waals surface area (Å²) in [6.45, 7) is 3.57. The molecule has 1 aromatic rings. The average molecular weight is 267 g/mol. The first kappa shape index (κ1) is 13.1. The number of carbonyl (C=O) groups excluding carboxylic acids is 1. The molecule has 0 aromatic carbocycles. The second kappa shape index (κ2) is 5.10. The Kier molecular flexibility index (Phi) is 3.71. The number of thiophene rings is 1. The van der Waals surface area contributed by atoms with Gasteiger partial charge in [0.25, 0.3) is 5.91 Å². The Bertz CT molecular complexity index is 457. The Hall–Kier alpha value is -1.36. The van der Waals surface area contributed by atoms with Crippen molar-refractivity contribution < 1.29 is 14.7 Å². The van der Waals surface area contributed by atoms with Crippen LogP contribution in [0.15, 0.2) is 6.07 Å². The summed E-state index contributed by atoms with van der Waals surface area (Å²) in [4.78, 5) is 24.9. The van der Waals surface area contributed by atoms with Crippen molar-refractivity contribution in [2.24, 2.45) is 5.92 Å². The highest BCUT2D eigenvalue weighted by Crippen LogP contribution is 2.30. The predicted molar refractivity (Wildman–Crippen MR) is 70.1 cm³/mol. The second-order valence-electron chi connectivity index (χ2n) is 4.95. The van der Waals surface area contributed by atoms with E-state index in [1.165, 1.54) is 21.8 Å². The molecule has 0 radical (unpaired) electrons. The van der Waals surface area contributed by atoms with Crippen molar-refractivity contribution in [2.45, 2.75) is 39.2 Å². The fourth-order valence-electron chi connectivity index (χ4n) is 2.17. The van der Waals surface area contributed by atoms with Crippen molar-refractivity contribution in [3.63, 3.8) is 0 Å². The lowest BCUT2D eigenvalue weighted by Crippen LogP contribution is -2.44. The molecule has 98 valence electrons. The number of carboxylic acids is 1. The Balaban J connectivity index is 2.09. The highest BCUT2D eigenvalue weighted by atomic mass is 32.1. The molecule has 2 N–H and O–H groups in total. The minimum atomic E-state index is -0.984. The number of fused-ring (bicyclic) bond motifs is 1. The molecule has 0 aliphatic heterocycles. The minimum Gasteiger partial charge on any atom is -0.480 e. The van der Waals surface area contributed by atoms with Crippen molar-refractivity contribution in [3.8, 4) is 0 Å². The first-order valence-electron chi connectivity index (χ1n) is 6.14. The van der Waals surface area contributed by atoms with Gasteiger partial charge in [0.15, 0.2) is 0 Å². The summed E-state index contributed by atoms with van der Waals surface area (Å²) in [6.07, 6.45) is 3.23.